The highest BCUT2D eigenvalue weighted by Crippen LogP contribution is 1.99. The molecule has 0 atom stereocenters. The van der Waals surface area contributed by atoms with Crippen molar-refractivity contribution in [1.82, 2.24) is 0 Å². The second kappa shape index (κ2) is 7.48. The first kappa shape index (κ1) is 8.48. The Labute approximate surface area is 58.3 Å². The number of unbranched alkanes of at least 4 members (excludes halogenated alkanes) is 3. The van der Waals surface area contributed by atoms with Crippen molar-refractivity contribution in [3.63, 3.8) is 0 Å². The predicted octanol–water partition coefficient (Wildman–Crippen LogP) is 3.12. The lowest BCUT2D eigenvalue weighted by molar-refractivity contribution is 0.763. The smallest absolute Gasteiger partial charge is 0.0316 e. The summed E-state index contributed by atoms with van der Waals surface area (Å²) >= 11 is 0. The highest BCUT2D eigenvalue weighted by Gasteiger charge is 1.80. The van der Waals surface area contributed by atoms with Crippen LogP contribution in [0.2, 0.25) is 0 Å². The maximum atomic E-state index is 3.65. The average Bonchev–Trinajstić information content (AvgIpc) is 1.89. The van der Waals surface area contributed by atoms with E-state index < -0.39 is 0 Å². The van der Waals surface area contributed by atoms with Crippen LogP contribution in [0.3, 0.4) is 0 Å². The molecule has 0 saturated heterocycles. The van der Waals surface area contributed by atoms with Crippen LogP contribution in [0, 0.1) is 6.92 Å². The van der Waals surface area contributed by atoms with Crippen molar-refractivity contribution in [2.75, 3.05) is 0 Å². The molecule has 0 heteroatoms. The van der Waals surface area contributed by atoms with Crippen LogP contribution in [0.4, 0.5) is 0 Å². The molecule has 0 N–H and O–H groups in total. The van der Waals surface area contributed by atoms with E-state index >= 15 is 0 Å². The normalized spacial score (nSPS) is 10.3. The minimum atomic E-state index is 1.14. The van der Waals surface area contributed by atoms with Crippen LogP contribution in [0.25, 0.3) is 0 Å². The Kier molecular flexibility index (Phi) is 7.05. The Balaban J connectivity index is 2.82. The zero-order chi connectivity index (χ0) is 6.95. The molecule has 0 amide bonds. The molecule has 0 aliphatic carbocycles. The summed E-state index contributed by atoms with van der Waals surface area (Å²) in [5, 5.41) is 0. The topological polar surface area (TPSA) is 0 Å². The maximum Gasteiger partial charge on any atom is -0.0316 e. The van der Waals surface area contributed by atoms with E-state index in [4.69, 9.17) is 0 Å². The summed E-state index contributed by atoms with van der Waals surface area (Å²) in [6.45, 7) is 7.25. The van der Waals surface area contributed by atoms with Crippen molar-refractivity contribution in [1.29, 1.82) is 0 Å². The Morgan fingerprint density at radius 1 is 1.11 bits per heavy atom. The Morgan fingerprint density at radius 3 is 2.33 bits per heavy atom. The highest BCUT2D eigenvalue weighted by molar-refractivity contribution is 4.83. The van der Waals surface area contributed by atoms with Gasteiger partial charge in [0.25, 0.3) is 0 Å². The molecule has 0 aliphatic rings. The van der Waals surface area contributed by atoms with Crippen LogP contribution in [0.1, 0.15) is 25.7 Å². The molecule has 0 aromatic rings. The summed E-state index contributed by atoms with van der Waals surface area (Å²) in [7, 11) is 0. The number of hydrogen-bond acceptors (Lipinski definition) is 0. The van der Waals surface area contributed by atoms with E-state index in [1.54, 1.807) is 0 Å². The molecule has 0 fully saturated rings. The van der Waals surface area contributed by atoms with Crippen molar-refractivity contribution < 1.29 is 0 Å². The third kappa shape index (κ3) is 7.48. The lowest BCUT2D eigenvalue weighted by Crippen LogP contribution is -1.70. The molecular formula is C9H15. The monoisotopic (exact) mass is 123 g/mol. The number of allylic oxidation sites excluding steroid dienone is 3. The van der Waals surface area contributed by atoms with Crippen molar-refractivity contribution in [2.45, 2.75) is 25.7 Å². The maximum absolute atomic E-state index is 3.65. The van der Waals surface area contributed by atoms with Gasteiger partial charge < -0.3 is 0 Å². The van der Waals surface area contributed by atoms with Gasteiger partial charge in [0, 0.05) is 0 Å². The molecule has 0 aromatic carbocycles. The summed E-state index contributed by atoms with van der Waals surface area (Å²) in [6, 6.07) is 0. The molecule has 1 radical (unpaired) electrons. The van der Waals surface area contributed by atoms with Gasteiger partial charge in [-0.05, 0) is 32.6 Å². The fourth-order valence-electron chi connectivity index (χ4n) is 0.669. The van der Waals surface area contributed by atoms with Gasteiger partial charge in [-0.2, -0.15) is 0 Å². The lowest BCUT2D eigenvalue weighted by Gasteiger charge is -1.90. The first-order chi connectivity index (χ1) is 4.41. The zero-order valence-electron chi connectivity index (χ0n) is 5.97. The zero-order valence-corrected chi connectivity index (χ0v) is 5.97. The Morgan fingerprint density at radius 2 is 1.78 bits per heavy atom. The summed E-state index contributed by atoms with van der Waals surface area (Å²) in [6.07, 6.45) is 10.7. The molecule has 0 nitrogen and oxygen atoms in total. The van der Waals surface area contributed by atoms with Gasteiger partial charge >= 0.3 is 0 Å². The van der Waals surface area contributed by atoms with Crippen LogP contribution in [0.15, 0.2) is 24.8 Å². The predicted molar refractivity (Wildman–Crippen MR) is 43.2 cm³/mol. The second-order valence-electron chi connectivity index (χ2n) is 2.04. The Hall–Kier alpha value is -0.520. The average molecular weight is 123 g/mol. The van der Waals surface area contributed by atoms with Crippen molar-refractivity contribution in [2.24, 2.45) is 0 Å². The molecule has 0 unspecified atom stereocenters. The fraction of sp³-hybridized carbons (Fsp3) is 0.444. The first-order valence-corrected chi connectivity index (χ1v) is 3.47. The molecular weight excluding hydrogens is 108 g/mol. The molecule has 0 spiro atoms. The molecule has 0 bridgehead atoms. The van der Waals surface area contributed by atoms with Crippen LogP contribution >= 0.6 is 0 Å². The summed E-state index contributed by atoms with van der Waals surface area (Å²) in [4.78, 5) is 0. The molecule has 0 rings (SSSR count). The van der Waals surface area contributed by atoms with Gasteiger partial charge in [-0.1, -0.05) is 18.2 Å². The van der Waals surface area contributed by atoms with Crippen LogP contribution < -0.4 is 0 Å². The van der Waals surface area contributed by atoms with E-state index in [1.165, 1.54) is 12.8 Å². The van der Waals surface area contributed by atoms with E-state index in [9.17, 15) is 0 Å². The molecule has 9 heavy (non-hydrogen) atoms. The molecule has 0 aromatic heterocycles. The quantitative estimate of drug-likeness (QED) is 0.389. The number of hydrogen-bond donors (Lipinski definition) is 0. The van der Waals surface area contributed by atoms with Gasteiger partial charge in [0.1, 0.15) is 0 Å². The SMILES string of the molecule is [CH2]C=CCCCCC=C. The van der Waals surface area contributed by atoms with Gasteiger partial charge in [0.15, 0.2) is 0 Å². The van der Waals surface area contributed by atoms with Crippen LogP contribution in [-0.4, -0.2) is 0 Å². The van der Waals surface area contributed by atoms with Crippen molar-refractivity contribution >= 4 is 0 Å². The molecule has 51 valence electrons. The fourth-order valence-corrected chi connectivity index (χ4v) is 0.669. The van der Waals surface area contributed by atoms with E-state index in [0.717, 1.165) is 12.8 Å². The summed E-state index contributed by atoms with van der Waals surface area (Å²) in [5.74, 6) is 0. The van der Waals surface area contributed by atoms with E-state index in [0.29, 0.717) is 0 Å². The lowest BCUT2D eigenvalue weighted by atomic mass is 10.2. The third-order valence-corrected chi connectivity index (χ3v) is 1.20. The number of rotatable bonds is 5. The standard InChI is InChI=1S/C9H15/c1-3-5-7-9-8-6-4-2/h3-5H,1-2,6-9H2. The second-order valence-corrected chi connectivity index (χ2v) is 2.04. The van der Waals surface area contributed by atoms with Crippen molar-refractivity contribution in [3.05, 3.63) is 31.7 Å². The van der Waals surface area contributed by atoms with Gasteiger partial charge in [-0.25, -0.2) is 0 Å². The first-order valence-electron chi connectivity index (χ1n) is 3.47. The van der Waals surface area contributed by atoms with Crippen LogP contribution in [-0.2, 0) is 0 Å². The van der Waals surface area contributed by atoms with E-state index in [1.807, 2.05) is 12.2 Å². The summed E-state index contributed by atoms with van der Waals surface area (Å²) in [5.41, 5.74) is 0. The summed E-state index contributed by atoms with van der Waals surface area (Å²) < 4.78 is 0. The largest absolute Gasteiger partial charge is 0.103 e. The molecule has 0 aliphatic heterocycles. The van der Waals surface area contributed by atoms with Crippen LogP contribution in [0.5, 0.6) is 0 Å². The molecule has 0 heterocycles. The minimum Gasteiger partial charge on any atom is -0.103 e. The van der Waals surface area contributed by atoms with Crippen molar-refractivity contribution in [3.8, 4) is 0 Å². The van der Waals surface area contributed by atoms with Gasteiger partial charge in [0.2, 0.25) is 0 Å². The van der Waals surface area contributed by atoms with E-state index in [2.05, 4.69) is 19.6 Å². The van der Waals surface area contributed by atoms with Gasteiger partial charge in [-0.15, -0.1) is 6.58 Å². The Bertz CT molecular complexity index is 80.0. The van der Waals surface area contributed by atoms with Gasteiger partial charge in [0.05, 0.1) is 0 Å². The third-order valence-electron chi connectivity index (χ3n) is 1.20. The van der Waals surface area contributed by atoms with E-state index in [-0.39, 0.29) is 0 Å². The molecule has 0 saturated carbocycles. The van der Waals surface area contributed by atoms with Gasteiger partial charge in [-0.3, -0.25) is 0 Å². The highest BCUT2D eigenvalue weighted by atomic mass is 13.9. The minimum absolute atomic E-state index is 1.14.